The second-order valence-electron chi connectivity index (χ2n) is 18.5. The number of carboxylic acid groups (broad SMARTS) is 1. The first-order chi connectivity index (χ1) is 36.4. The summed E-state index contributed by atoms with van der Waals surface area (Å²) in [7, 11) is 3.74. The van der Waals surface area contributed by atoms with Gasteiger partial charge in [-0.05, 0) is 104 Å². The smallest absolute Gasteiger partial charge is 0.307 e. The highest BCUT2D eigenvalue weighted by Crippen LogP contribution is 2.52. The minimum atomic E-state index is -1.03. The van der Waals surface area contributed by atoms with E-state index in [1.54, 1.807) is 43.6 Å². The highest BCUT2D eigenvalue weighted by Gasteiger charge is 2.32. The molecule has 1 N–H and O–H groups in total. The number of aromatic nitrogens is 4. The topological polar surface area (TPSA) is 160 Å². The van der Waals surface area contributed by atoms with Crippen molar-refractivity contribution < 1.29 is 47.4 Å². The number of piperazine rings is 1. The molecule has 4 aromatic carbocycles. The van der Waals surface area contributed by atoms with Crippen LogP contribution >= 0.6 is 34.5 Å². The first-order valence-corrected chi connectivity index (χ1v) is 26.4. The van der Waals surface area contributed by atoms with Gasteiger partial charge in [0, 0.05) is 68.3 Å². The number of fused-ring (bicyclic) bond motifs is 7. The summed E-state index contributed by atoms with van der Waals surface area (Å²) in [4.78, 5) is 38.5. The molecule has 10 rings (SSSR count). The van der Waals surface area contributed by atoms with E-state index >= 15 is 0 Å². The van der Waals surface area contributed by atoms with Gasteiger partial charge in [-0.25, -0.2) is 24.3 Å². The molecule has 3 aliphatic heterocycles. The summed E-state index contributed by atoms with van der Waals surface area (Å²) < 4.78 is 56.7. The van der Waals surface area contributed by atoms with Gasteiger partial charge in [0.05, 0.1) is 65.9 Å². The predicted molar refractivity (Wildman–Crippen MR) is 287 cm³/mol. The van der Waals surface area contributed by atoms with Crippen molar-refractivity contribution in [2.24, 2.45) is 5.92 Å². The van der Waals surface area contributed by atoms with E-state index in [1.165, 1.54) is 29.8 Å². The Bertz CT molecular complexity index is 3080. The molecule has 0 saturated carbocycles. The predicted octanol–water partition coefficient (Wildman–Crippen LogP) is 10.1. The van der Waals surface area contributed by atoms with Gasteiger partial charge in [0.1, 0.15) is 60.1 Å². The summed E-state index contributed by atoms with van der Waals surface area (Å²) in [6.45, 7) is 10.6. The zero-order chi connectivity index (χ0) is 52.4. The fourth-order valence-corrected chi connectivity index (χ4v) is 11.0. The monoisotopic (exact) mass is 1080 g/mol. The van der Waals surface area contributed by atoms with Crippen molar-refractivity contribution in [3.8, 4) is 56.0 Å². The molecule has 0 radical (unpaired) electrons. The number of rotatable bonds is 18. The lowest BCUT2D eigenvalue weighted by Crippen LogP contribution is -2.49. The fraction of sp³-hybridized carbons (Fsp3) is 0.375. The fourth-order valence-electron chi connectivity index (χ4n) is 9.31. The molecule has 0 aliphatic carbocycles. The first kappa shape index (κ1) is 53.8. The van der Waals surface area contributed by atoms with Crippen LogP contribution in [0.25, 0.3) is 43.2 Å². The van der Waals surface area contributed by atoms with Gasteiger partial charge < -0.3 is 43.2 Å². The Labute approximate surface area is 449 Å². The van der Waals surface area contributed by atoms with Gasteiger partial charge in [-0.3, -0.25) is 9.69 Å². The third kappa shape index (κ3) is 13.0. The van der Waals surface area contributed by atoms with Crippen LogP contribution in [0.1, 0.15) is 28.1 Å². The van der Waals surface area contributed by atoms with Gasteiger partial charge >= 0.3 is 5.97 Å². The molecule has 1 fully saturated rings. The highest BCUT2D eigenvalue weighted by atomic mass is 35.5. The molecule has 0 amide bonds. The number of carbonyl (C=O) groups is 1. The molecule has 1 saturated heterocycles. The second kappa shape index (κ2) is 25.2. The van der Waals surface area contributed by atoms with E-state index in [2.05, 4.69) is 21.8 Å². The molecule has 7 aromatic rings. The van der Waals surface area contributed by atoms with Gasteiger partial charge in [-0.15, -0.1) is 11.3 Å². The van der Waals surface area contributed by atoms with Crippen LogP contribution in [0.3, 0.4) is 0 Å². The summed E-state index contributed by atoms with van der Waals surface area (Å²) in [5, 5.41) is 12.4. The van der Waals surface area contributed by atoms with Crippen LogP contribution in [0.2, 0.25) is 10.0 Å². The van der Waals surface area contributed by atoms with Crippen LogP contribution in [0, 0.1) is 25.6 Å². The van der Waals surface area contributed by atoms with Gasteiger partial charge in [0.25, 0.3) is 0 Å². The van der Waals surface area contributed by atoms with E-state index in [4.69, 9.17) is 71.3 Å². The van der Waals surface area contributed by atoms with Crippen LogP contribution in [-0.4, -0.2) is 140 Å². The van der Waals surface area contributed by atoms with E-state index < -0.39 is 18.0 Å². The van der Waals surface area contributed by atoms with Crippen molar-refractivity contribution in [1.82, 2.24) is 29.7 Å². The van der Waals surface area contributed by atoms with Crippen molar-refractivity contribution in [2.75, 3.05) is 93.1 Å². The molecule has 4 bridgehead atoms. The van der Waals surface area contributed by atoms with Crippen molar-refractivity contribution in [3.05, 3.63) is 129 Å². The number of carboxylic acids is 1. The minimum absolute atomic E-state index is 0.0193. The highest BCUT2D eigenvalue weighted by molar-refractivity contribution is 7.22. The van der Waals surface area contributed by atoms with E-state index in [0.29, 0.717) is 129 Å². The van der Waals surface area contributed by atoms with Crippen LogP contribution < -0.4 is 18.9 Å². The Morgan fingerprint density at radius 3 is 2.32 bits per heavy atom. The summed E-state index contributed by atoms with van der Waals surface area (Å²) >= 11 is 16.2. The number of benzene rings is 4. The largest absolute Gasteiger partial charge is 0.490 e. The van der Waals surface area contributed by atoms with Crippen LogP contribution in [0.5, 0.6) is 23.0 Å². The molecule has 3 aliphatic rings. The van der Waals surface area contributed by atoms with Crippen LogP contribution in [0.15, 0.2) is 85.3 Å². The molecule has 0 unspecified atom stereocenters. The standard InChI is InChI=1S/C56H59Cl2FN6O9S/c1-34-47-35(2)51(58)52(50(34)57)74-42(30-65-19-17-64(3)18-20-65)32-72-41-13-14-45(73-31-40-15-16-60-54(63-40)43-7-5-6-8-46(43)71-26-25-70-24-23-69-22-21-68-4)37(28-41)27-38(56(66)67)29-44-48-49(47)53(75-55(48)62-33-61-44)36-9-11-39(59)12-10-36/h5-16,28,33,38,42H,17-27,29-32H2,1-4H3,(H,66,67)/t38-,42-/m1/s1. The number of aliphatic carboxylic acids is 1. The zero-order valence-corrected chi connectivity index (χ0v) is 44.6. The number of ether oxygens (including phenoxy) is 7. The molecule has 394 valence electrons. The van der Waals surface area contributed by atoms with E-state index in [1.807, 2.05) is 44.2 Å². The molecule has 15 nitrogen and oxygen atoms in total. The third-order valence-electron chi connectivity index (χ3n) is 13.3. The Morgan fingerprint density at radius 1 is 0.840 bits per heavy atom. The van der Waals surface area contributed by atoms with E-state index in [-0.39, 0.29) is 31.9 Å². The molecule has 19 heteroatoms. The number of hydrogen-bond donors (Lipinski definition) is 1. The minimum Gasteiger partial charge on any atom is -0.490 e. The zero-order valence-electron chi connectivity index (χ0n) is 42.3. The summed E-state index contributed by atoms with van der Waals surface area (Å²) in [5.74, 6) is -0.0787. The summed E-state index contributed by atoms with van der Waals surface area (Å²) in [5.41, 5.74) is 5.99. The third-order valence-corrected chi connectivity index (χ3v) is 15.4. The van der Waals surface area contributed by atoms with Crippen molar-refractivity contribution in [1.29, 1.82) is 0 Å². The number of hydrogen-bond acceptors (Lipinski definition) is 15. The number of methoxy groups -OCH3 is 1. The normalized spacial score (nSPS) is 16.4. The SMILES string of the molecule is COCCOCCOCCOc1ccccc1-c1nccc(COc2ccc3cc2C[C@@H](C(=O)O)Cc2ncnc4sc(-c5ccc(F)cc5)c(c24)-c2c(C)c(Cl)c(c(Cl)c2C)O[C@H](CN2CCN(C)CC2)CO3)n1. The first-order valence-electron chi connectivity index (χ1n) is 24.8. The Morgan fingerprint density at radius 2 is 1.57 bits per heavy atom. The maximum absolute atomic E-state index is 14.5. The number of para-hydroxylation sites is 1. The summed E-state index contributed by atoms with van der Waals surface area (Å²) in [6.07, 6.45) is 2.66. The van der Waals surface area contributed by atoms with Gasteiger partial charge in [0.15, 0.2) is 11.6 Å². The van der Waals surface area contributed by atoms with Crippen LogP contribution in [-0.2, 0) is 38.5 Å². The average Bonchev–Trinajstić information content (AvgIpc) is 3.81. The van der Waals surface area contributed by atoms with Crippen molar-refractivity contribution >= 4 is 50.7 Å². The van der Waals surface area contributed by atoms with Crippen LogP contribution in [0.4, 0.5) is 4.39 Å². The number of halogens is 3. The van der Waals surface area contributed by atoms with Crippen molar-refractivity contribution in [3.63, 3.8) is 0 Å². The molecular formula is C56H59Cl2FN6O9S. The van der Waals surface area contributed by atoms with Gasteiger partial charge in [0.2, 0.25) is 0 Å². The number of likely N-dealkylation sites (N-methyl/N-ethyl adjacent to an activating group) is 1. The molecule has 3 aromatic heterocycles. The Hall–Kier alpha value is -6.02. The Balaban J connectivity index is 1.05. The molecule has 6 heterocycles. The molecule has 75 heavy (non-hydrogen) atoms. The van der Waals surface area contributed by atoms with Gasteiger partial charge in [-0.1, -0.05) is 47.5 Å². The Kier molecular flexibility index (Phi) is 18.1. The summed E-state index contributed by atoms with van der Waals surface area (Å²) in [6, 6.07) is 21.0. The number of nitrogens with zero attached hydrogens (tertiary/aromatic N) is 6. The lowest BCUT2D eigenvalue weighted by Gasteiger charge is -2.35. The van der Waals surface area contributed by atoms with E-state index in [9.17, 15) is 14.3 Å². The molecular weight excluding hydrogens is 1020 g/mol. The maximum Gasteiger partial charge on any atom is 0.307 e. The second-order valence-corrected chi connectivity index (χ2v) is 20.2. The maximum atomic E-state index is 14.5. The van der Waals surface area contributed by atoms with Gasteiger partial charge in [-0.2, -0.15) is 0 Å². The molecule has 2 atom stereocenters. The quantitative estimate of drug-likeness (QED) is 0.0809. The lowest BCUT2D eigenvalue weighted by atomic mass is 9.88. The van der Waals surface area contributed by atoms with Crippen molar-refractivity contribution in [2.45, 2.75) is 39.4 Å². The lowest BCUT2D eigenvalue weighted by molar-refractivity contribution is -0.141. The number of thiophene rings is 1. The average molecular weight is 1080 g/mol. The molecule has 0 spiro atoms. The van der Waals surface area contributed by atoms with E-state index in [0.717, 1.165) is 47.7 Å².